The molecule has 1 aromatic carbocycles. The minimum atomic E-state index is -4.13. The van der Waals surface area contributed by atoms with Gasteiger partial charge in [-0.3, -0.25) is 4.55 Å². The minimum absolute atomic E-state index is 0.159. The summed E-state index contributed by atoms with van der Waals surface area (Å²) in [5, 5.41) is 9.34. The average molecular weight is 229 g/mol. The van der Waals surface area contributed by atoms with Gasteiger partial charge < -0.3 is 0 Å². The summed E-state index contributed by atoms with van der Waals surface area (Å²) in [5.41, 5.74) is 0.522. The van der Waals surface area contributed by atoms with E-state index in [1.165, 1.54) is 0 Å². The zero-order chi connectivity index (χ0) is 11.3. The summed E-state index contributed by atoms with van der Waals surface area (Å²) in [6, 6.07) is 8.42. The molecule has 5 heteroatoms. The zero-order valence-electron chi connectivity index (χ0n) is 8.17. The van der Waals surface area contributed by atoms with Crippen LogP contribution in [0.15, 0.2) is 30.3 Å². The number of hydrogen-bond donors (Lipinski definition) is 1. The molecule has 0 heterocycles. The highest BCUT2D eigenvalue weighted by molar-refractivity contribution is 7.86. The first-order valence-electron chi connectivity index (χ1n) is 4.65. The van der Waals surface area contributed by atoms with Crippen LogP contribution >= 0.6 is 0 Å². The monoisotopic (exact) mass is 229 g/mol. The predicted octanol–water partition coefficient (Wildman–Crippen LogP) is 1.83. The van der Waals surface area contributed by atoms with E-state index in [0.717, 1.165) is 0 Å². The van der Waals surface area contributed by atoms with Crippen molar-refractivity contribution >= 4 is 10.1 Å². The summed E-state index contributed by atoms with van der Waals surface area (Å²) < 4.78 is 31.2. The van der Waals surface area contributed by atoms with Gasteiger partial charge in [0.25, 0.3) is 10.1 Å². The van der Waals surface area contributed by atoms with Crippen LogP contribution in [0.5, 0.6) is 0 Å². The van der Waals surface area contributed by atoms with Crippen molar-refractivity contribution in [3.63, 3.8) is 0 Å². The maximum Gasteiger partial charge on any atom is 0.271 e. The zero-order valence-corrected chi connectivity index (χ0v) is 8.98. The van der Waals surface area contributed by atoms with Crippen LogP contribution in [0.1, 0.15) is 23.7 Å². The highest BCUT2D eigenvalue weighted by Crippen LogP contribution is 2.25. The SMILES string of the molecule is [O]CCCC(c1ccccc1)S(=O)(=O)O. The summed E-state index contributed by atoms with van der Waals surface area (Å²) in [7, 11) is -4.13. The molecule has 0 saturated carbocycles. The van der Waals surface area contributed by atoms with Crippen LogP contribution in [0.25, 0.3) is 0 Å². The summed E-state index contributed by atoms with van der Waals surface area (Å²) in [6.45, 7) is -0.334. The van der Waals surface area contributed by atoms with E-state index in [4.69, 9.17) is 4.55 Å². The first kappa shape index (κ1) is 12.2. The molecule has 0 aromatic heterocycles. The number of benzene rings is 1. The van der Waals surface area contributed by atoms with Crippen LogP contribution in [0.2, 0.25) is 0 Å². The van der Waals surface area contributed by atoms with Crippen LogP contribution < -0.4 is 0 Å². The maximum atomic E-state index is 11.1. The molecule has 0 aliphatic rings. The topological polar surface area (TPSA) is 74.3 Å². The van der Waals surface area contributed by atoms with Gasteiger partial charge in [-0.1, -0.05) is 30.3 Å². The second-order valence-corrected chi connectivity index (χ2v) is 4.86. The quantitative estimate of drug-likeness (QED) is 0.782. The fourth-order valence-electron chi connectivity index (χ4n) is 1.42. The third kappa shape index (κ3) is 3.62. The van der Waals surface area contributed by atoms with E-state index in [-0.39, 0.29) is 19.4 Å². The Morgan fingerprint density at radius 2 is 1.80 bits per heavy atom. The molecular formula is C10H13O4S. The Morgan fingerprint density at radius 3 is 2.27 bits per heavy atom. The van der Waals surface area contributed by atoms with Crippen molar-refractivity contribution in [2.75, 3.05) is 6.61 Å². The highest BCUT2D eigenvalue weighted by Gasteiger charge is 2.24. The van der Waals surface area contributed by atoms with Gasteiger partial charge >= 0.3 is 0 Å². The first-order valence-corrected chi connectivity index (χ1v) is 6.15. The van der Waals surface area contributed by atoms with Crippen LogP contribution in [-0.2, 0) is 15.2 Å². The van der Waals surface area contributed by atoms with Gasteiger partial charge in [-0.05, 0) is 18.4 Å². The summed E-state index contributed by atoms with van der Waals surface area (Å²) in [6.07, 6.45) is 0.395. The fraction of sp³-hybridized carbons (Fsp3) is 0.400. The summed E-state index contributed by atoms with van der Waals surface area (Å²) >= 11 is 0. The molecule has 1 aromatic rings. The molecule has 1 rings (SSSR count). The Kier molecular flexibility index (Phi) is 4.26. The highest BCUT2D eigenvalue weighted by atomic mass is 32.2. The van der Waals surface area contributed by atoms with Crippen LogP contribution in [-0.4, -0.2) is 19.6 Å². The Balaban J connectivity index is 2.92. The Hall–Kier alpha value is -0.910. The smallest absolute Gasteiger partial charge is 0.271 e. The predicted molar refractivity (Wildman–Crippen MR) is 55.5 cm³/mol. The maximum absolute atomic E-state index is 11.1. The molecule has 83 valence electrons. The Morgan fingerprint density at radius 1 is 1.20 bits per heavy atom. The third-order valence-electron chi connectivity index (χ3n) is 2.14. The molecule has 1 N–H and O–H groups in total. The molecule has 0 bridgehead atoms. The van der Waals surface area contributed by atoms with Gasteiger partial charge in [0.1, 0.15) is 5.25 Å². The molecule has 1 radical (unpaired) electrons. The van der Waals surface area contributed by atoms with Crippen molar-refractivity contribution in [2.24, 2.45) is 0 Å². The molecule has 0 saturated heterocycles. The molecule has 0 amide bonds. The summed E-state index contributed by atoms with van der Waals surface area (Å²) in [5.74, 6) is 0. The molecule has 1 unspecified atom stereocenters. The molecule has 15 heavy (non-hydrogen) atoms. The van der Waals surface area contributed by atoms with Crippen LogP contribution in [0.4, 0.5) is 0 Å². The lowest BCUT2D eigenvalue weighted by molar-refractivity contribution is 0.186. The molecule has 1 atom stereocenters. The van der Waals surface area contributed by atoms with E-state index in [9.17, 15) is 13.5 Å². The van der Waals surface area contributed by atoms with Gasteiger partial charge in [0, 0.05) is 0 Å². The van der Waals surface area contributed by atoms with Gasteiger partial charge in [0.15, 0.2) is 0 Å². The second-order valence-electron chi connectivity index (χ2n) is 3.26. The molecule has 0 fully saturated rings. The van der Waals surface area contributed by atoms with Gasteiger partial charge in [-0.25, -0.2) is 5.11 Å². The third-order valence-corrected chi connectivity index (χ3v) is 3.37. The van der Waals surface area contributed by atoms with Gasteiger partial charge in [-0.2, -0.15) is 8.42 Å². The molecule has 0 aliphatic heterocycles. The van der Waals surface area contributed by atoms with Gasteiger partial charge in [0.05, 0.1) is 6.61 Å². The Bertz CT molecular complexity index is 385. The number of hydrogen-bond acceptors (Lipinski definition) is 2. The summed E-state index contributed by atoms with van der Waals surface area (Å²) in [4.78, 5) is 0. The van der Waals surface area contributed by atoms with E-state index in [2.05, 4.69) is 0 Å². The first-order chi connectivity index (χ1) is 7.05. The normalized spacial score (nSPS) is 13.7. The van der Waals surface area contributed by atoms with E-state index < -0.39 is 15.4 Å². The van der Waals surface area contributed by atoms with Crippen molar-refractivity contribution < 1.29 is 18.1 Å². The lowest BCUT2D eigenvalue weighted by Gasteiger charge is -2.12. The van der Waals surface area contributed by atoms with Gasteiger partial charge in [-0.15, -0.1) is 0 Å². The van der Waals surface area contributed by atoms with Crippen molar-refractivity contribution in [3.05, 3.63) is 35.9 Å². The van der Waals surface area contributed by atoms with E-state index in [1.807, 2.05) is 0 Å². The standard InChI is InChI=1S/C10H13O4S/c11-8-4-7-10(15(12,13)14)9-5-2-1-3-6-9/h1-3,5-6,10H,4,7-8H2,(H,12,13,14). The molecule has 0 spiro atoms. The fourth-order valence-corrected chi connectivity index (χ4v) is 2.39. The second kappa shape index (κ2) is 5.25. The molecule has 0 aliphatic carbocycles. The van der Waals surface area contributed by atoms with E-state index in [1.54, 1.807) is 30.3 Å². The lowest BCUT2D eigenvalue weighted by atomic mass is 10.1. The van der Waals surface area contributed by atoms with E-state index in [0.29, 0.717) is 5.56 Å². The van der Waals surface area contributed by atoms with Crippen molar-refractivity contribution in [3.8, 4) is 0 Å². The van der Waals surface area contributed by atoms with Gasteiger partial charge in [0.2, 0.25) is 0 Å². The minimum Gasteiger partial charge on any atom is -0.285 e. The molecular weight excluding hydrogens is 216 g/mol. The van der Waals surface area contributed by atoms with E-state index >= 15 is 0 Å². The van der Waals surface area contributed by atoms with Crippen molar-refractivity contribution in [1.82, 2.24) is 0 Å². The van der Waals surface area contributed by atoms with Crippen molar-refractivity contribution in [2.45, 2.75) is 18.1 Å². The largest absolute Gasteiger partial charge is 0.285 e. The lowest BCUT2D eigenvalue weighted by Crippen LogP contribution is -2.12. The van der Waals surface area contributed by atoms with Crippen molar-refractivity contribution in [1.29, 1.82) is 0 Å². The average Bonchev–Trinajstić information content (AvgIpc) is 2.18. The Labute approximate surface area is 89.3 Å². The molecule has 4 nitrogen and oxygen atoms in total. The van der Waals surface area contributed by atoms with Crippen LogP contribution in [0, 0.1) is 0 Å². The number of rotatable bonds is 5. The van der Waals surface area contributed by atoms with Crippen LogP contribution in [0.3, 0.4) is 0 Å².